The number of carbonyl (C=O) groups is 3. The number of hydrogen-bond donors (Lipinski definition) is 0. The topological polar surface area (TPSA) is 110 Å². The van der Waals surface area contributed by atoms with E-state index in [1.807, 2.05) is 13.8 Å². The maximum absolute atomic E-state index is 13.6. The molecular formula is C34H39F2NO8. The molecule has 9 nitrogen and oxygen atoms in total. The fraction of sp³-hybridized carbons (Fsp3) is 0.412. The van der Waals surface area contributed by atoms with Crippen LogP contribution in [-0.2, 0) is 36.8 Å². The number of rotatable bonds is 16. The Bertz CT molecular complexity index is 1440. The fourth-order valence-corrected chi connectivity index (χ4v) is 4.75. The smallest absolute Gasteiger partial charge is 0.309 e. The standard InChI is InChI=1S/C34H39F2NO8/c1-21(17-29(39)31-32(43-20-42-23(3)38)30(41-6)15-16-37-31)33(40)45-22(2)28(18-24-7-11-26(35)12-8-24)34(4,5)44-19-25-9-13-27(36)14-10-25/h7-16,21-22,28H,17-20H2,1-6H3/t21-,22+,28+/m1/s1. The number of benzene rings is 2. The molecule has 0 N–H and O–H groups in total. The monoisotopic (exact) mass is 627 g/mol. The molecule has 0 saturated heterocycles. The molecule has 0 saturated carbocycles. The summed E-state index contributed by atoms with van der Waals surface area (Å²) in [7, 11) is 1.39. The second-order valence-corrected chi connectivity index (χ2v) is 11.2. The van der Waals surface area contributed by atoms with Crippen LogP contribution in [0.1, 0.15) is 62.7 Å². The van der Waals surface area contributed by atoms with Crippen LogP contribution in [0.5, 0.6) is 11.5 Å². The molecule has 45 heavy (non-hydrogen) atoms. The highest BCUT2D eigenvalue weighted by atomic mass is 19.1. The molecule has 1 aromatic heterocycles. The molecule has 3 aromatic rings. The van der Waals surface area contributed by atoms with Crippen LogP contribution in [0.2, 0.25) is 0 Å². The molecule has 11 heteroatoms. The van der Waals surface area contributed by atoms with E-state index in [2.05, 4.69) is 4.98 Å². The predicted octanol–water partition coefficient (Wildman–Crippen LogP) is 6.26. The molecule has 0 aliphatic carbocycles. The quantitative estimate of drug-likeness (QED) is 0.103. The summed E-state index contributed by atoms with van der Waals surface area (Å²) in [6.07, 6.45) is 0.836. The second kappa shape index (κ2) is 16.1. The van der Waals surface area contributed by atoms with Gasteiger partial charge in [0.15, 0.2) is 23.0 Å². The minimum Gasteiger partial charge on any atom is -0.493 e. The van der Waals surface area contributed by atoms with Gasteiger partial charge in [-0.15, -0.1) is 0 Å². The lowest BCUT2D eigenvalue weighted by Gasteiger charge is -2.38. The van der Waals surface area contributed by atoms with Crippen molar-refractivity contribution in [1.82, 2.24) is 4.98 Å². The van der Waals surface area contributed by atoms with Gasteiger partial charge in [-0.05, 0) is 62.6 Å². The van der Waals surface area contributed by atoms with Crippen LogP contribution in [0, 0.1) is 23.5 Å². The van der Waals surface area contributed by atoms with Gasteiger partial charge in [0.05, 0.1) is 25.2 Å². The Balaban J connectivity index is 1.74. The number of aromatic nitrogens is 1. The Labute approximate surface area is 261 Å². The van der Waals surface area contributed by atoms with Gasteiger partial charge in [-0.2, -0.15) is 0 Å². The van der Waals surface area contributed by atoms with Crippen LogP contribution >= 0.6 is 0 Å². The number of ether oxygens (including phenoxy) is 5. The summed E-state index contributed by atoms with van der Waals surface area (Å²) in [5.41, 5.74) is 0.652. The van der Waals surface area contributed by atoms with E-state index in [1.165, 1.54) is 50.6 Å². The van der Waals surface area contributed by atoms with Crippen molar-refractivity contribution >= 4 is 17.7 Å². The zero-order valence-electron chi connectivity index (χ0n) is 26.3. The van der Waals surface area contributed by atoms with Crippen LogP contribution in [0.4, 0.5) is 8.78 Å². The maximum atomic E-state index is 13.6. The summed E-state index contributed by atoms with van der Waals surface area (Å²) in [5.74, 6) is -3.47. The summed E-state index contributed by atoms with van der Waals surface area (Å²) >= 11 is 0. The zero-order chi connectivity index (χ0) is 33.1. The van der Waals surface area contributed by atoms with E-state index >= 15 is 0 Å². The first-order valence-electron chi connectivity index (χ1n) is 14.5. The number of nitrogens with zero attached hydrogens (tertiary/aromatic N) is 1. The SMILES string of the molecule is COc1ccnc(C(=O)C[C@@H](C)C(=O)O[C@@H](C)[C@H](Cc2ccc(F)cc2)C(C)(C)OCc2ccc(F)cc2)c1OCOC(C)=O. The third-order valence-corrected chi connectivity index (χ3v) is 7.37. The third kappa shape index (κ3) is 10.3. The van der Waals surface area contributed by atoms with E-state index in [4.69, 9.17) is 23.7 Å². The summed E-state index contributed by atoms with van der Waals surface area (Å²) in [6.45, 7) is 8.00. The van der Waals surface area contributed by atoms with Crippen molar-refractivity contribution in [2.45, 2.75) is 65.8 Å². The number of pyridine rings is 1. The highest BCUT2D eigenvalue weighted by molar-refractivity contribution is 5.99. The predicted molar refractivity (Wildman–Crippen MR) is 161 cm³/mol. The first kappa shape index (κ1) is 35.1. The largest absolute Gasteiger partial charge is 0.493 e. The van der Waals surface area contributed by atoms with Gasteiger partial charge in [-0.3, -0.25) is 14.4 Å². The molecule has 1 heterocycles. The Morgan fingerprint density at radius 1 is 0.911 bits per heavy atom. The number of methoxy groups -OCH3 is 1. The van der Waals surface area contributed by atoms with Gasteiger partial charge in [0, 0.05) is 31.5 Å². The fourth-order valence-electron chi connectivity index (χ4n) is 4.75. The third-order valence-electron chi connectivity index (χ3n) is 7.37. The molecule has 0 fully saturated rings. The first-order chi connectivity index (χ1) is 21.3. The Hall–Kier alpha value is -4.38. The van der Waals surface area contributed by atoms with Gasteiger partial charge < -0.3 is 23.7 Å². The summed E-state index contributed by atoms with van der Waals surface area (Å²) in [5, 5.41) is 0. The summed E-state index contributed by atoms with van der Waals surface area (Å²) in [6, 6.07) is 13.5. The minimum atomic E-state index is -0.857. The zero-order valence-corrected chi connectivity index (χ0v) is 26.3. The summed E-state index contributed by atoms with van der Waals surface area (Å²) in [4.78, 5) is 41.8. The van der Waals surface area contributed by atoms with Gasteiger partial charge in [0.1, 0.15) is 17.7 Å². The van der Waals surface area contributed by atoms with Crippen LogP contribution in [0.15, 0.2) is 60.8 Å². The highest BCUT2D eigenvalue weighted by Gasteiger charge is 2.38. The van der Waals surface area contributed by atoms with E-state index in [9.17, 15) is 23.2 Å². The van der Waals surface area contributed by atoms with E-state index in [-0.39, 0.29) is 41.9 Å². The van der Waals surface area contributed by atoms with E-state index in [0.29, 0.717) is 6.42 Å². The number of Topliss-reactive ketones (excluding diaryl/α,β-unsaturated/α-hetero) is 1. The Morgan fingerprint density at radius 2 is 1.51 bits per heavy atom. The first-order valence-corrected chi connectivity index (χ1v) is 14.5. The number of carbonyl (C=O) groups excluding carboxylic acids is 3. The molecule has 242 valence electrons. The molecule has 0 bridgehead atoms. The molecule has 0 aliphatic rings. The van der Waals surface area contributed by atoms with E-state index in [1.54, 1.807) is 38.1 Å². The van der Waals surface area contributed by atoms with E-state index in [0.717, 1.165) is 11.1 Å². The average molecular weight is 628 g/mol. The van der Waals surface area contributed by atoms with Gasteiger partial charge in [0.25, 0.3) is 0 Å². The van der Waals surface area contributed by atoms with Crippen molar-refractivity contribution in [2.75, 3.05) is 13.9 Å². The van der Waals surface area contributed by atoms with E-state index < -0.39 is 48.1 Å². The molecule has 3 atom stereocenters. The summed E-state index contributed by atoms with van der Waals surface area (Å²) < 4.78 is 54.7. The lowest BCUT2D eigenvalue weighted by atomic mass is 9.81. The highest BCUT2D eigenvalue weighted by Crippen LogP contribution is 2.33. The van der Waals surface area contributed by atoms with Crippen molar-refractivity contribution in [3.8, 4) is 11.5 Å². The Morgan fingerprint density at radius 3 is 2.09 bits per heavy atom. The second-order valence-electron chi connectivity index (χ2n) is 11.2. The molecule has 0 amide bonds. The van der Waals surface area contributed by atoms with Crippen molar-refractivity contribution in [1.29, 1.82) is 0 Å². The number of halogens is 2. The van der Waals surface area contributed by atoms with Crippen LogP contribution in [0.3, 0.4) is 0 Å². The minimum absolute atomic E-state index is 0.0143. The molecule has 0 radical (unpaired) electrons. The number of ketones is 1. The Kier molecular flexibility index (Phi) is 12.5. The molecule has 0 spiro atoms. The van der Waals surface area contributed by atoms with Gasteiger partial charge in [0.2, 0.25) is 6.79 Å². The van der Waals surface area contributed by atoms with Crippen LogP contribution in [-0.4, -0.2) is 48.3 Å². The van der Waals surface area contributed by atoms with Gasteiger partial charge >= 0.3 is 11.9 Å². The number of esters is 2. The normalized spacial score (nSPS) is 13.3. The maximum Gasteiger partial charge on any atom is 0.309 e. The lowest BCUT2D eigenvalue weighted by molar-refractivity contribution is -0.164. The molecular weight excluding hydrogens is 588 g/mol. The van der Waals surface area contributed by atoms with Crippen molar-refractivity contribution in [2.24, 2.45) is 11.8 Å². The molecule has 0 unspecified atom stereocenters. The van der Waals surface area contributed by atoms with Crippen molar-refractivity contribution in [3.05, 3.63) is 89.2 Å². The van der Waals surface area contributed by atoms with Crippen LogP contribution in [0.25, 0.3) is 0 Å². The van der Waals surface area contributed by atoms with Crippen molar-refractivity contribution < 1.29 is 46.8 Å². The van der Waals surface area contributed by atoms with Crippen LogP contribution < -0.4 is 9.47 Å². The van der Waals surface area contributed by atoms with Crippen molar-refractivity contribution in [3.63, 3.8) is 0 Å². The molecule has 0 aliphatic heterocycles. The van der Waals surface area contributed by atoms with Gasteiger partial charge in [-0.25, -0.2) is 13.8 Å². The lowest BCUT2D eigenvalue weighted by Crippen LogP contribution is -2.44. The van der Waals surface area contributed by atoms with Gasteiger partial charge in [-0.1, -0.05) is 31.2 Å². The molecule has 2 aromatic carbocycles. The molecule has 3 rings (SSSR count). The average Bonchev–Trinajstić information content (AvgIpc) is 3.00. The number of hydrogen-bond acceptors (Lipinski definition) is 9.